The van der Waals surface area contributed by atoms with E-state index < -0.39 is 0 Å². The molecule has 0 saturated heterocycles. The SMILES string of the molecule is c1ccc2c3c(ccc2c1)OC1c2[nH]c4ccccc4c2CCN1C3. The van der Waals surface area contributed by atoms with Gasteiger partial charge in [0.25, 0.3) is 0 Å². The molecule has 1 N–H and O–H groups in total. The molecule has 1 unspecified atom stereocenters. The van der Waals surface area contributed by atoms with Gasteiger partial charge in [-0.05, 0) is 34.9 Å². The lowest BCUT2D eigenvalue weighted by Crippen LogP contribution is -2.40. The zero-order valence-electron chi connectivity index (χ0n) is 13.8. The maximum absolute atomic E-state index is 6.49. The van der Waals surface area contributed by atoms with Crippen molar-refractivity contribution < 1.29 is 4.74 Å². The molecule has 0 fully saturated rings. The van der Waals surface area contributed by atoms with E-state index in [-0.39, 0.29) is 6.23 Å². The van der Waals surface area contributed by atoms with Gasteiger partial charge in [0, 0.05) is 29.6 Å². The molecule has 3 nitrogen and oxygen atoms in total. The molecule has 4 aromatic rings. The number of rotatable bonds is 0. The maximum Gasteiger partial charge on any atom is 0.194 e. The van der Waals surface area contributed by atoms with E-state index in [0.29, 0.717) is 0 Å². The molecule has 2 aliphatic rings. The monoisotopic (exact) mass is 326 g/mol. The zero-order valence-corrected chi connectivity index (χ0v) is 13.8. The van der Waals surface area contributed by atoms with Crippen molar-refractivity contribution in [2.75, 3.05) is 6.54 Å². The van der Waals surface area contributed by atoms with Gasteiger partial charge in [-0.15, -0.1) is 0 Å². The van der Waals surface area contributed by atoms with Crippen LogP contribution in [0.15, 0.2) is 60.7 Å². The Bertz CT molecular complexity index is 1130. The lowest BCUT2D eigenvalue weighted by molar-refractivity contribution is -0.0119. The molecule has 6 rings (SSSR count). The zero-order chi connectivity index (χ0) is 16.4. The van der Waals surface area contributed by atoms with Crippen LogP contribution in [0.3, 0.4) is 0 Å². The number of nitrogens with one attached hydrogen (secondary N) is 1. The second-order valence-corrected chi connectivity index (χ2v) is 7.02. The van der Waals surface area contributed by atoms with Crippen molar-refractivity contribution in [3.05, 3.63) is 77.5 Å². The quantitative estimate of drug-likeness (QED) is 0.504. The van der Waals surface area contributed by atoms with Gasteiger partial charge >= 0.3 is 0 Å². The first-order valence-electron chi connectivity index (χ1n) is 8.89. The van der Waals surface area contributed by atoms with Crippen molar-refractivity contribution >= 4 is 21.7 Å². The molecule has 1 aromatic heterocycles. The Morgan fingerprint density at radius 1 is 0.880 bits per heavy atom. The van der Waals surface area contributed by atoms with Crippen LogP contribution in [0.4, 0.5) is 0 Å². The number of fused-ring (bicyclic) bond motifs is 8. The van der Waals surface area contributed by atoms with Crippen molar-refractivity contribution in [3.8, 4) is 5.75 Å². The summed E-state index contributed by atoms with van der Waals surface area (Å²) in [5.41, 5.74) is 5.17. The van der Waals surface area contributed by atoms with E-state index in [0.717, 1.165) is 25.3 Å². The summed E-state index contributed by atoms with van der Waals surface area (Å²) in [7, 11) is 0. The second-order valence-electron chi connectivity index (χ2n) is 7.02. The molecule has 1 atom stereocenters. The molecule has 3 heterocycles. The van der Waals surface area contributed by atoms with Gasteiger partial charge in [-0.2, -0.15) is 0 Å². The number of H-pyrrole nitrogens is 1. The van der Waals surface area contributed by atoms with E-state index in [4.69, 9.17) is 4.74 Å². The summed E-state index contributed by atoms with van der Waals surface area (Å²) in [6.45, 7) is 1.97. The van der Waals surface area contributed by atoms with Crippen LogP contribution in [0.1, 0.15) is 23.0 Å². The van der Waals surface area contributed by atoms with Gasteiger partial charge in [0.1, 0.15) is 5.75 Å². The lowest BCUT2D eigenvalue weighted by Gasteiger charge is -2.40. The van der Waals surface area contributed by atoms with E-state index in [2.05, 4.69) is 70.5 Å². The number of ether oxygens (including phenoxy) is 1. The van der Waals surface area contributed by atoms with Crippen LogP contribution >= 0.6 is 0 Å². The van der Waals surface area contributed by atoms with E-state index >= 15 is 0 Å². The first kappa shape index (κ1) is 13.5. The maximum atomic E-state index is 6.49. The summed E-state index contributed by atoms with van der Waals surface area (Å²) in [6.07, 6.45) is 1.06. The molecule has 0 spiro atoms. The Hall–Kier alpha value is -2.78. The highest BCUT2D eigenvalue weighted by molar-refractivity contribution is 5.88. The summed E-state index contributed by atoms with van der Waals surface area (Å²) >= 11 is 0. The molecule has 0 bridgehead atoms. The number of aromatic amines is 1. The topological polar surface area (TPSA) is 28.3 Å². The summed E-state index contributed by atoms with van der Waals surface area (Å²) in [5, 5.41) is 3.93. The standard InChI is InChI=1S/C22H18N2O/c1-2-6-15-14(5-1)9-10-20-18(15)13-24-12-11-17-16-7-3-4-8-19(16)23-21(17)22(24)25-20/h1-10,22-23H,11-13H2. The normalized spacial score (nSPS) is 19.3. The van der Waals surface area contributed by atoms with Gasteiger partial charge in [-0.3, -0.25) is 4.90 Å². The van der Waals surface area contributed by atoms with Crippen LogP contribution in [0.25, 0.3) is 21.7 Å². The first-order chi connectivity index (χ1) is 12.4. The third-order valence-corrected chi connectivity index (χ3v) is 5.67. The Balaban J connectivity index is 1.52. The molecular weight excluding hydrogens is 308 g/mol. The number of nitrogens with zero attached hydrogens (tertiary/aromatic N) is 1. The largest absolute Gasteiger partial charge is 0.469 e. The van der Waals surface area contributed by atoms with Crippen LogP contribution in [-0.4, -0.2) is 16.4 Å². The van der Waals surface area contributed by atoms with Crippen molar-refractivity contribution in [3.63, 3.8) is 0 Å². The van der Waals surface area contributed by atoms with E-state index in [1.807, 2.05) is 0 Å². The summed E-state index contributed by atoms with van der Waals surface area (Å²) in [5.74, 6) is 1.02. The fourth-order valence-electron chi connectivity index (χ4n) is 4.46. The number of hydrogen-bond donors (Lipinski definition) is 1. The molecule has 0 radical (unpaired) electrons. The highest BCUT2D eigenvalue weighted by Gasteiger charge is 2.36. The van der Waals surface area contributed by atoms with Crippen LogP contribution in [-0.2, 0) is 13.0 Å². The second kappa shape index (κ2) is 4.87. The fourth-order valence-corrected chi connectivity index (χ4v) is 4.46. The van der Waals surface area contributed by atoms with E-state index in [9.17, 15) is 0 Å². The predicted molar refractivity (Wildman–Crippen MR) is 99.7 cm³/mol. The van der Waals surface area contributed by atoms with Crippen LogP contribution < -0.4 is 4.74 Å². The smallest absolute Gasteiger partial charge is 0.194 e. The minimum atomic E-state index is -0.00943. The minimum Gasteiger partial charge on any atom is -0.469 e. The molecule has 25 heavy (non-hydrogen) atoms. The van der Waals surface area contributed by atoms with E-state index in [1.54, 1.807) is 0 Å². The van der Waals surface area contributed by atoms with Crippen LogP contribution in [0.2, 0.25) is 0 Å². The molecule has 122 valence electrons. The molecule has 0 amide bonds. The highest BCUT2D eigenvalue weighted by Crippen LogP contribution is 2.42. The van der Waals surface area contributed by atoms with Crippen LogP contribution in [0.5, 0.6) is 5.75 Å². The highest BCUT2D eigenvalue weighted by atomic mass is 16.5. The molecular formula is C22H18N2O. The van der Waals surface area contributed by atoms with Crippen molar-refractivity contribution in [2.45, 2.75) is 19.2 Å². The van der Waals surface area contributed by atoms with Gasteiger partial charge in [-0.1, -0.05) is 48.5 Å². The molecule has 0 saturated carbocycles. The Labute approximate surface area is 145 Å². The summed E-state index contributed by atoms with van der Waals surface area (Å²) in [4.78, 5) is 6.07. The van der Waals surface area contributed by atoms with Gasteiger partial charge in [0.05, 0.1) is 5.69 Å². The first-order valence-corrected chi connectivity index (χ1v) is 8.89. The van der Waals surface area contributed by atoms with Gasteiger partial charge in [0.15, 0.2) is 6.23 Å². The number of benzene rings is 3. The average Bonchev–Trinajstić information content (AvgIpc) is 3.06. The number of aromatic nitrogens is 1. The van der Waals surface area contributed by atoms with Gasteiger partial charge in [-0.25, -0.2) is 0 Å². The van der Waals surface area contributed by atoms with Crippen molar-refractivity contribution in [1.82, 2.24) is 9.88 Å². The van der Waals surface area contributed by atoms with Crippen molar-refractivity contribution in [2.24, 2.45) is 0 Å². The number of para-hydroxylation sites is 1. The molecule has 3 heteroatoms. The van der Waals surface area contributed by atoms with Gasteiger partial charge < -0.3 is 9.72 Å². The Morgan fingerprint density at radius 2 is 1.72 bits per heavy atom. The number of hydrogen-bond acceptors (Lipinski definition) is 2. The lowest BCUT2D eigenvalue weighted by atomic mass is 9.97. The molecule has 3 aromatic carbocycles. The van der Waals surface area contributed by atoms with E-state index in [1.165, 1.54) is 38.5 Å². The summed E-state index contributed by atoms with van der Waals surface area (Å²) in [6, 6.07) is 21.5. The summed E-state index contributed by atoms with van der Waals surface area (Å²) < 4.78 is 6.49. The Kier molecular flexibility index (Phi) is 2.63. The van der Waals surface area contributed by atoms with Crippen molar-refractivity contribution in [1.29, 1.82) is 0 Å². The third-order valence-electron chi connectivity index (χ3n) is 5.67. The fraction of sp³-hybridized carbons (Fsp3) is 0.182. The minimum absolute atomic E-state index is 0.00943. The van der Waals surface area contributed by atoms with Gasteiger partial charge in [0.2, 0.25) is 0 Å². The predicted octanol–water partition coefficient (Wildman–Crippen LogP) is 4.77. The molecule has 2 aliphatic heterocycles. The Morgan fingerprint density at radius 3 is 2.68 bits per heavy atom. The third kappa shape index (κ3) is 1.84. The van der Waals surface area contributed by atoms with Crippen LogP contribution in [0, 0.1) is 0 Å². The average molecular weight is 326 g/mol. The molecule has 0 aliphatic carbocycles.